The third-order valence-corrected chi connectivity index (χ3v) is 3.73. The van der Waals surface area contributed by atoms with Crippen LogP contribution >= 0.6 is 11.6 Å². The van der Waals surface area contributed by atoms with Crippen molar-refractivity contribution in [3.8, 4) is 0 Å². The van der Waals surface area contributed by atoms with Crippen molar-refractivity contribution in [2.75, 3.05) is 0 Å². The van der Waals surface area contributed by atoms with Gasteiger partial charge >= 0.3 is 0 Å². The van der Waals surface area contributed by atoms with Gasteiger partial charge < -0.3 is 4.57 Å². The monoisotopic (exact) mass is 300 g/mol. The number of hydrogen-bond acceptors (Lipinski definition) is 3. The maximum Gasteiger partial charge on any atom is 0.160 e. The molecular weight excluding hydrogens is 284 g/mol. The Morgan fingerprint density at radius 1 is 1.19 bits per heavy atom. The van der Waals surface area contributed by atoms with Crippen LogP contribution in [-0.4, -0.2) is 19.5 Å². The van der Waals surface area contributed by atoms with Crippen LogP contribution in [0.1, 0.15) is 29.4 Å². The largest absolute Gasteiger partial charge is 0.311 e. The van der Waals surface area contributed by atoms with Gasteiger partial charge in [-0.25, -0.2) is 9.97 Å². The predicted molar refractivity (Wildman–Crippen MR) is 84.5 cm³/mol. The van der Waals surface area contributed by atoms with Gasteiger partial charge in [0.2, 0.25) is 0 Å². The molecule has 21 heavy (non-hydrogen) atoms. The molecule has 0 radical (unpaired) electrons. The summed E-state index contributed by atoms with van der Waals surface area (Å²) < 4.78 is 2.11. The summed E-state index contributed by atoms with van der Waals surface area (Å²) in [7, 11) is 0. The van der Waals surface area contributed by atoms with Crippen LogP contribution in [0.25, 0.3) is 11.2 Å². The number of pyridine rings is 2. The molecule has 0 bridgehead atoms. The molecular formula is C16H17ClN4. The summed E-state index contributed by atoms with van der Waals surface area (Å²) in [4.78, 5) is 13.5. The highest BCUT2D eigenvalue weighted by atomic mass is 35.5. The summed E-state index contributed by atoms with van der Waals surface area (Å²) >= 11 is 6.29. The number of aromatic nitrogens is 4. The lowest BCUT2D eigenvalue weighted by atomic mass is 10.2. The second-order valence-corrected chi connectivity index (χ2v) is 5.76. The molecule has 1 atom stereocenters. The highest BCUT2D eigenvalue weighted by molar-refractivity contribution is 6.20. The Bertz CT molecular complexity index is 750. The molecule has 3 heterocycles. The van der Waals surface area contributed by atoms with Crippen molar-refractivity contribution >= 4 is 22.8 Å². The van der Waals surface area contributed by atoms with Crippen molar-refractivity contribution < 1.29 is 0 Å². The average molecular weight is 301 g/mol. The quantitative estimate of drug-likeness (QED) is 0.690. The van der Waals surface area contributed by atoms with E-state index >= 15 is 0 Å². The molecule has 0 saturated heterocycles. The molecule has 3 aromatic rings. The van der Waals surface area contributed by atoms with Crippen molar-refractivity contribution in [2.45, 2.75) is 32.2 Å². The lowest BCUT2D eigenvalue weighted by Crippen LogP contribution is -2.08. The van der Waals surface area contributed by atoms with E-state index in [1.807, 2.05) is 50.5 Å². The maximum absolute atomic E-state index is 6.29. The van der Waals surface area contributed by atoms with E-state index in [1.165, 1.54) is 0 Å². The molecule has 108 valence electrons. The summed E-state index contributed by atoms with van der Waals surface area (Å²) in [5.74, 6) is 0.865. The van der Waals surface area contributed by atoms with E-state index in [0.717, 1.165) is 41.2 Å². The lowest BCUT2D eigenvalue weighted by Gasteiger charge is -2.09. The fourth-order valence-electron chi connectivity index (χ4n) is 2.45. The van der Waals surface area contributed by atoms with Gasteiger partial charge in [0.05, 0.1) is 5.38 Å². The SMILES string of the molecule is Cc1ccnc2c1nc(C(C)Cl)n2CCc1ccccn1. The van der Waals surface area contributed by atoms with Gasteiger partial charge in [-0.2, -0.15) is 0 Å². The normalized spacial score (nSPS) is 12.7. The topological polar surface area (TPSA) is 43.6 Å². The summed E-state index contributed by atoms with van der Waals surface area (Å²) in [5.41, 5.74) is 4.00. The van der Waals surface area contributed by atoms with E-state index in [2.05, 4.69) is 19.5 Å². The Balaban J connectivity index is 2.00. The standard InChI is InChI=1S/C16H17ClN4/c1-11-6-9-19-16-14(11)20-15(12(2)17)21(16)10-7-13-5-3-4-8-18-13/h3-6,8-9,12H,7,10H2,1-2H3. The van der Waals surface area contributed by atoms with Crippen molar-refractivity contribution in [2.24, 2.45) is 0 Å². The van der Waals surface area contributed by atoms with Crippen LogP contribution in [0, 0.1) is 6.92 Å². The maximum atomic E-state index is 6.29. The number of nitrogens with zero attached hydrogens (tertiary/aromatic N) is 4. The van der Waals surface area contributed by atoms with E-state index in [9.17, 15) is 0 Å². The van der Waals surface area contributed by atoms with Crippen LogP contribution in [-0.2, 0) is 13.0 Å². The fraction of sp³-hybridized carbons (Fsp3) is 0.312. The summed E-state index contributed by atoms with van der Waals surface area (Å²) in [6.45, 7) is 4.76. The molecule has 3 aromatic heterocycles. The third kappa shape index (κ3) is 2.76. The Kier molecular flexibility index (Phi) is 3.88. The fourth-order valence-corrected chi connectivity index (χ4v) is 2.62. The minimum absolute atomic E-state index is 0.151. The van der Waals surface area contributed by atoms with Gasteiger partial charge in [-0.05, 0) is 37.6 Å². The predicted octanol–water partition coefficient (Wildman–Crippen LogP) is 3.68. The minimum Gasteiger partial charge on any atom is -0.311 e. The molecule has 0 aromatic carbocycles. The second kappa shape index (κ2) is 5.82. The third-order valence-electron chi connectivity index (χ3n) is 3.54. The molecule has 0 amide bonds. The molecule has 0 aliphatic rings. The van der Waals surface area contributed by atoms with Gasteiger partial charge in [0, 0.05) is 31.1 Å². The van der Waals surface area contributed by atoms with Gasteiger partial charge in [0.15, 0.2) is 5.65 Å². The van der Waals surface area contributed by atoms with Crippen LogP contribution in [0.4, 0.5) is 0 Å². The molecule has 0 aliphatic carbocycles. The minimum atomic E-state index is -0.151. The number of fused-ring (bicyclic) bond motifs is 1. The van der Waals surface area contributed by atoms with Crippen LogP contribution < -0.4 is 0 Å². The number of alkyl halides is 1. The number of halogens is 1. The number of aryl methyl sites for hydroxylation is 3. The molecule has 0 fully saturated rings. The number of rotatable bonds is 4. The Morgan fingerprint density at radius 2 is 2.05 bits per heavy atom. The first-order valence-electron chi connectivity index (χ1n) is 7.02. The van der Waals surface area contributed by atoms with E-state index in [1.54, 1.807) is 0 Å². The van der Waals surface area contributed by atoms with Crippen LogP contribution in [0.2, 0.25) is 0 Å². The molecule has 1 unspecified atom stereocenters. The Morgan fingerprint density at radius 3 is 2.76 bits per heavy atom. The molecule has 0 aliphatic heterocycles. The zero-order valence-corrected chi connectivity index (χ0v) is 12.9. The van der Waals surface area contributed by atoms with Gasteiger partial charge in [-0.1, -0.05) is 6.07 Å². The van der Waals surface area contributed by atoms with Crippen LogP contribution in [0.5, 0.6) is 0 Å². The average Bonchev–Trinajstić information content (AvgIpc) is 2.87. The Labute approximate surface area is 128 Å². The first kappa shape index (κ1) is 14.0. The molecule has 0 saturated carbocycles. The molecule has 5 heteroatoms. The van der Waals surface area contributed by atoms with Crippen LogP contribution in [0.3, 0.4) is 0 Å². The molecule has 4 nitrogen and oxygen atoms in total. The zero-order chi connectivity index (χ0) is 14.8. The first-order chi connectivity index (χ1) is 10.2. The van der Waals surface area contributed by atoms with Gasteiger partial charge in [-0.3, -0.25) is 4.98 Å². The van der Waals surface area contributed by atoms with Gasteiger partial charge in [0.25, 0.3) is 0 Å². The second-order valence-electron chi connectivity index (χ2n) is 5.11. The summed E-state index contributed by atoms with van der Waals surface area (Å²) in [5, 5.41) is -0.151. The summed E-state index contributed by atoms with van der Waals surface area (Å²) in [6, 6.07) is 7.93. The van der Waals surface area contributed by atoms with E-state index < -0.39 is 0 Å². The molecule has 0 spiro atoms. The van der Waals surface area contributed by atoms with Crippen molar-refractivity contribution in [3.05, 3.63) is 53.7 Å². The lowest BCUT2D eigenvalue weighted by molar-refractivity contribution is 0.655. The smallest absolute Gasteiger partial charge is 0.160 e. The van der Waals surface area contributed by atoms with E-state index in [4.69, 9.17) is 11.6 Å². The number of imidazole rings is 1. The van der Waals surface area contributed by atoms with Crippen LogP contribution in [0.15, 0.2) is 36.7 Å². The van der Waals surface area contributed by atoms with Gasteiger partial charge in [0.1, 0.15) is 11.3 Å². The van der Waals surface area contributed by atoms with Gasteiger partial charge in [-0.15, -0.1) is 11.6 Å². The molecule has 3 rings (SSSR count). The highest BCUT2D eigenvalue weighted by Gasteiger charge is 2.16. The zero-order valence-electron chi connectivity index (χ0n) is 12.1. The number of hydrogen-bond donors (Lipinski definition) is 0. The Hall–Kier alpha value is -1.94. The van der Waals surface area contributed by atoms with Crippen molar-refractivity contribution in [3.63, 3.8) is 0 Å². The first-order valence-corrected chi connectivity index (χ1v) is 7.46. The van der Waals surface area contributed by atoms with Crippen molar-refractivity contribution in [1.29, 1.82) is 0 Å². The summed E-state index contributed by atoms with van der Waals surface area (Å²) in [6.07, 6.45) is 4.46. The van der Waals surface area contributed by atoms with E-state index in [0.29, 0.717) is 0 Å². The van der Waals surface area contributed by atoms with E-state index in [-0.39, 0.29) is 5.38 Å². The molecule has 0 N–H and O–H groups in total. The highest BCUT2D eigenvalue weighted by Crippen LogP contribution is 2.25. The van der Waals surface area contributed by atoms with Crippen molar-refractivity contribution in [1.82, 2.24) is 19.5 Å².